The first-order chi connectivity index (χ1) is 12.1. The van der Waals surface area contributed by atoms with Crippen LogP contribution in [0.3, 0.4) is 0 Å². The van der Waals surface area contributed by atoms with Crippen LogP contribution in [0, 0.1) is 0 Å². The van der Waals surface area contributed by atoms with Gasteiger partial charge in [-0.25, -0.2) is 4.79 Å². The minimum absolute atomic E-state index is 0.176. The molecule has 0 fully saturated rings. The quantitative estimate of drug-likeness (QED) is 0.650. The van der Waals surface area contributed by atoms with Crippen LogP contribution in [0.15, 0.2) is 18.3 Å². The van der Waals surface area contributed by atoms with E-state index in [9.17, 15) is 4.79 Å². The molecular weight excluding hydrogens is 322 g/mol. The van der Waals surface area contributed by atoms with E-state index in [0.29, 0.717) is 11.6 Å². The van der Waals surface area contributed by atoms with Gasteiger partial charge in [-0.2, -0.15) is 9.78 Å². The normalized spacial score (nSPS) is 10.9. The number of hydrogen-bond donors (Lipinski definition) is 2. The summed E-state index contributed by atoms with van der Waals surface area (Å²) in [7, 11) is 0. The Bertz CT molecular complexity index is 680. The highest BCUT2D eigenvalue weighted by atomic mass is 16.5. The summed E-state index contributed by atoms with van der Waals surface area (Å²) in [6.07, 6.45) is 1.37. The molecule has 0 radical (unpaired) electrons. The number of aromatic nitrogens is 4. The van der Waals surface area contributed by atoms with Crippen molar-refractivity contribution in [2.24, 2.45) is 0 Å². The minimum atomic E-state index is -0.506. The van der Waals surface area contributed by atoms with Gasteiger partial charge in [-0.05, 0) is 32.1 Å². The summed E-state index contributed by atoms with van der Waals surface area (Å²) in [5.41, 5.74) is 6.17. The third-order valence-corrected chi connectivity index (χ3v) is 3.80. The van der Waals surface area contributed by atoms with Crippen molar-refractivity contribution in [1.29, 1.82) is 0 Å². The van der Waals surface area contributed by atoms with Gasteiger partial charge < -0.3 is 20.7 Å². The number of rotatable bonds is 9. The molecule has 3 N–H and O–H groups in total. The molecule has 0 unspecified atom stereocenters. The molecule has 0 saturated carbocycles. The summed E-state index contributed by atoms with van der Waals surface area (Å²) in [5, 5.41) is 15.5. The van der Waals surface area contributed by atoms with Gasteiger partial charge in [-0.15, -0.1) is 10.2 Å². The summed E-state index contributed by atoms with van der Waals surface area (Å²) >= 11 is 0. The molecule has 0 bridgehead atoms. The number of esters is 1. The lowest BCUT2D eigenvalue weighted by Crippen LogP contribution is -2.28. The van der Waals surface area contributed by atoms with Crippen LogP contribution in [0.5, 0.6) is 0 Å². The maximum atomic E-state index is 11.8. The molecular formula is C16H25N7O2. The summed E-state index contributed by atoms with van der Waals surface area (Å²) in [5.74, 6) is 0.776. The second-order valence-corrected chi connectivity index (χ2v) is 5.31. The molecule has 0 aliphatic carbocycles. The molecule has 2 rings (SSSR count). The summed E-state index contributed by atoms with van der Waals surface area (Å²) in [4.78, 5) is 14.1. The molecule has 0 atom stereocenters. The Kier molecular flexibility index (Phi) is 6.70. The average Bonchev–Trinajstić information content (AvgIpc) is 3.01. The number of likely N-dealkylation sites (N-methyl/N-ethyl adjacent to an activating group) is 1. The molecule has 2 aromatic heterocycles. The maximum Gasteiger partial charge on any atom is 0.343 e. The lowest BCUT2D eigenvalue weighted by Gasteiger charge is -2.18. The van der Waals surface area contributed by atoms with E-state index in [1.165, 1.54) is 10.9 Å². The number of nitrogens with zero attached hydrogens (tertiary/aromatic N) is 5. The third kappa shape index (κ3) is 4.66. The first-order valence-corrected chi connectivity index (χ1v) is 8.41. The van der Waals surface area contributed by atoms with Gasteiger partial charge in [0.25, 0.3) is 0 Å². The number of carbonyl (C=O) groups excluding carboxylic acids is 1. The molecule has 9 heteroatoms. The zero-order chi connectivity index (χ0) is 18.2. The molecule has 9 nitrogen and oxygen atoms in total. The fraction of sp³-hybridized carbons (Fsp3) is 0.500. The van der Waals surface area contributed by atoms with Crippen molar-refractivity contribution in [2.75, 3.05) is 43.8 Å². The second-order valence-electron chi connectivity index (χ2n) is 5.31. The van der Waals surface area contributed by atoms with Gasteiger partial charge in [0, 0.05) is 13.1 Å². The van der Waals surface area contributed by atoms with Crippen molar-refractivity contribution in [3.8, 4) is 5.82 Å². The van der Waals surface area contributed by atoms with E-state index in [0.717, 1.165) is 26.2 Å². The largest absolute Gasteiger partial charge is 0.462 e. The van der Waals surface area contributed by atoms with E-state index in [2.05, 4.69) is 39.4 Å². The van der Waals surface area contributed by atoms with Crippen molar-refractivity contribution < 1.29 is 9.53 Å². The molecule has 0 amide bonds. The average molecular weight is 347 g/mol. The number of nitrogen functional groups attached to an aromatic ring is 1. The van der Waals surface area contributed by atoms with Gasteiger partial charge in [0.2, 0.25) is 0 Å². The summed E-state index contributed by atoms with van der Waals surface area (Å²) in [6, 6.07) is 3.54. The lowest BCUT2D eigenvalue weighted by molar-refractivity contribution is 0.0527. The molecule has 0 aliphatic rings. The summed E-state index contributed by atoms with van der Waals surface area (Å²) < 4.78 is 6.30. The van der Waals surface area contributed by atoms with E-state index in [1.807, 2.05) is 0 Å². The number of ether oxygens (including phenoxy) is 1. The number of carbonyl (C=O) groups is 1. The van der Waals surface area contributed by atoms with Crippen LogP contribution in [-0.4, -0.2) is 63.6 Å². The second kappa shape index (κ2) is 8.97. The first-order valence-electron chi connectivity index (χ1n) is 8.41. The highest BCUT2D eigenvalue weighted by molar-refractivity contribution is 5.94. The van der Waals surface area contributed by atoms with Crippen LogP contribution >= 0.6 is 0 Å². The molecule has 0 aromatic carbocycles. The van der Waals surface area contributed by atoms with E-state index in [-0.39, 0.29) is 18.0 Å². The number of hydrogen-bond acceptors (Lipinski definition) is 8. The highest BCUT2D eigenvalue weighted by Gasteiger charge is 2.17. The van der Waals surface area contributed by atoms with Crippen molar-refractivity contribution in [3.05, 3.63) is 23.9 Å². The van der Waals surface area contributed by atoms with Gasteiger partial charge in [0.1, 0.15) is 17.2 Å². The SMILES string of the molecule is CCOC(=O)c1cnn(-c2ccc(NCCN(CC)CC)nn2)c1N. The predicted octanol–water partition coefficient (Wildman–Crippen LogP) is 1.17. The van der Waals surface area contributed by atoms with Crippen LogP contribution in [-0.2, 0) is 4.74 Å². The van der Waals surface area contributed by atoms with Crippen LogP contribution < -0.4 is 11.1 Å². The van der Waals surface area contributed by atoms with Gasteiger partial charge in [-0.1, -0.05) is 13.8 Å². The molecule has 0 aliphatic heterocycles. The van der Waals surface area contributed by atoms with Gasteiger partial charge in [0.05, 0.1) is 12.8 Å². The number of anilines is 2. The van der Waals surface area contributed by atoms with Crippen molar-refractivity contribution in [1.82, 2.24) is 24.9 Å². The molecule has 2 heterocycles. The zero-order valence-corrected chi connectivity index (χ0v) is 14.9. The van der Waals surface area contributed by atoms with Gasteiger partial charge in [-0.3, -0.25) is 0 Å². The van der Waals surface area contributed by atoms with Gasteiger partial charge in [0.15, 0.2) is 5.82 Å². The molecule has 25 heavy (non-hydrogen) atoms. The van der Waals surface area contributed by atoms with Crippen molar-refractivity contribution in [3.63, 3.8) is 0 Å². The predicted molar refractivity (Wildman–Crippen MR) is 95.8 cm³/mol. The van der Waals surface area contributed by atoms with Crippen LogP contribution in [0.2, 0.25) is 0 Å². The Morgan fingerprint density at radius 1 is 1.28 bits per heavy atom. The fourth-order valence-corrected chi connectivity index (χ4v) is 2.32. The first kappa shape index (κ1) is 18.7. The third-order valence-electron chi connectivity index (χ3n) is 3.80. The van der Waals surface area contributed by atoms with Crippen LogP contribution in [0.25, 0.3) is 5.82 Å². The lowest BCUT2D eigenvalue weighted by atomic mass is 10.3. The smallest absolute Gasteiger partial charge is 0.343 e. The Balaban J connectivity index is 2.01. The molecule has 2 aromatic rings. The van der Waals surface area contributed by atoms with Crippen LogP contribution in [0.1, 0.15) is 31.1 Å². The van der Waals surface area contributed by atoms with E-state index in [1.54, 1.807) is 19.1 Å². The maximum absolute atomic E-state index is 11.8. The topological polar surface area (TPSA) is 111 Å². The van der Waals surface area contributed by atoms with E-state index < -0.39 is 5.97 Å². The molecule has 0 spiro atoms. The van der Waals surface area contributed by atoms with E-state index in [4.69, 9.17) is 10.5 Å². The van der Waals surface area contributed by atoms with Crippen molar-refractivity contribution in [2.45, 2.75) is 20.8 Å². The Hall–Kier alpha value is -2.68. The highest BCUT2D eigenvalue weighted by Crippen LogP contribution is 2.16. The number of nitrogens with one attached hydrogen (secondary N) is 1. The van der Waals surface area contributed by atoms with E-state index >= 15 is 0 Å². The monoisotopic (exact) mass is 347 g/mol. The fourth-order valence-electron chi connectivity index (χ4n) is 2.32. The Morgan fingerprint density at radius 3 is 2.64 bits per heavy atom. The molecule has 0 saturated heterocycles. The Labute approximate surface area is 147 Å². The summed E-state index contributed by atoms with van der Waals surface area (Å²) in [6.45, 7) is 10.0. The van der Waals surface area contributed by atoms with Gasteiger partial charge >= 0.3 is 5.97 Å². The zero-order valence-electron chi connectivity index (χ0n) is 14.9. The Morgan fingerprint density at radius 2 is 2.04 bits per heavy atom. The van der Waals surface area contributed by atoms with Crippen molar-refractivity contribution >= 4 is 17.6 Å². The van der Waals surface area contributed by atoms with Crippen LogP contribution in [0.4, 0.5) is 11.6 Å². The molecule has 136 valence electrons. The minimum Gasteiger partial charge on any atom is -0.462 e. The number of nitrogens with two attached hydrogens (primary N) is 1. The standard InChI is InChI=1S/C16H25N7O2/c1-4-22(5-2)10-9-18-13-7-8-14(21-20-13)23-15(17)12(11-19-23)16(24)25-6-3/h7-8,11H,4-6,9-10,17H2,1-3H3,(H,18,20).